The Balaban J connectivity index is 1.52. The first-order chi connectivity index (χ1) is 13.5. The van der Waals surface area contributed by atoms with Crippen LogP contribution in [0.4, 0.5) is 11.4 Å². The normalized spacial score (nSPS) is 14.6. The van der Waals surface area contributed by atoms with Crippen molar-refractivity contribution in [2.75, 3.05) is 50.1 Å². The van der Waals surface area contributed by atoms with E-state index in [2.05, 4.69) is 10.2 Å². The lowest BCUT2D eigenvalue weighted by Gasteiger charge is -2.33. The summed E-state index contributed by atoms with van der Waals surface area (Å²) >= 11 is 0. The Morgan fingerprint density at radius 3 is 2.39 bits per heavy atom. The number of benzene rings is 2. The maximum atomic E-state index is 12.5. The first kappa shape index (κ1) is 19.9. The summed E-state index contributed by atoms with van der Waals surface area (Å²) in [5.41, 5.74) is 3.65. The second-order valence-electron chi connectivity index (χ2n) is 7.27. The van der Waals surface area contributed by atoms with Gasteiger partial charge in [-0.15, -0.1) is 0 Å². The van der Waals surface area contributed by atoms with Gasteiger partial charge in [-0.1, -0.05) is 6.07 Å². The Morgan fingerprint density at radius 1 is 1.11 bits per heavy atom. The van der Waals surface area contributed by atoms with Crippen molar-refractivity contribution < 1.29 is 19.2 Å². The van der Waals surface area contributed by atoms with Crippen molar-refractivity contribution in [1.82, 2.24) is 0 Å². The fourth-order valence-corrected chi connectivity index (χ4v) is 3.51. The first-order valence-electron chi connectivity index (χ1n) is 9.60. The second kappa shape index (κ2) is 8.89. The third-order valence-corrected chi connectivity index (χ3v) is 5.15. The first-order valence-corrected chi connectivity index (χ1v) is 9.60. The maximum absolute atomic E-state index is 12.5. The summed E-state index contributed by atoms with van der Waals surface area (Å²) < 4.78 is 5.33. The number of carbonyl (C=O) groups excluding carboxylic acids is 2. The van der Waals surface area contributed by atoms with Gasteiger partial charge in [0.2, 0.25) is 0 Å². The highest BCUT2D eigenvalue weighted by molar-refractivity contribution is 5.94. The molecule has 2 N–H and O–H groups in total. The number of Topliss-reactive ketones (excluding diaryl/α,β-unsaturated/α-hetero) is 1. The minimum atomic E-state index is -0.00170. The molecule has 1 aliphatic heterocycles. The van der Waals surface area contributed by atoms with E-state index in [1.54, 1.807) is 14.0 Å². The summed E-state index contributed by atoms with van der Waals surface area (Å²) in [4.78, 5) is 27.5. The average Bonchev–Trinajstić information content (AvgIpc) is 2.69. The van der Waals surface area contributed by atoms with Crippen LogP contribution in [0.15, 0.2) is 42.5 Å². The number of amides is 1. The third-order valence-electron chi connectivity index (χ3n) is 5.15. The van der Waals surface area contributed by atoms with Gasteiger partial charge in [0.05, 0.1) is 39.0 Å². The summed E-state index contributed by atoms with van der Waals surface area (Å²) in [6, 6.07) is 13.5. The monoisotopic (exact) mass is 382 g/mol. The van der Waals surface area contributed by atoms with Crippen molar-refractivity contribution in [1.29, 1.82) is 0 Å². The van der Waals surface area contributed by atoms with Gasteiger partial charge in [-0.3, -0.25) is 9.59 Å². The number of hydrogen-bond acceptors (Lipinski definition) is 4. The molecule has 0 saturated carbocycles. The van der Waals surface area contributed by atoms with Gasteiger partial charge in [0.25, 0.3) is 5.91 Å². The maximum Gasteiger partial charge on any atom is 0.279 e. The summed E-state index contributed by atoms with van der Waals surface area (Å²) in [7, 11) is 1.60. The van der Waals surface area contributed by atoms with Crippen molar-refractivity contribution >= 4 is 23.1 Å². The van der Waals surface area contributed by atoms with Gasteiger partial charge in [-0.25, -0.2) is 0 Å². The Morgan fingerprint density at radius 2 is 1.79 bits per heavy atom. The van der Waals surface area contributed by atoms with Crippen LogP contribution in [0.3, 0.4) is 0 Å². The van der Waals surface area contributed by atoms with Gasteiger partial charge >= 0.3 is 0 Å². The van der Waals surface area contributed by atoms with Gasteiger partial charge < -0.3 is 19.9 Å². The lowest BCUT2D eigenvalue weighted by Crippen LogP contribution is -3.15. The van der Waals surface area contributed by atoms with Gasteiger partial charge in [-0.05, 0) is 55.8 Å². The van der Waals surface area contributed by atoms with E-state index in [1.165, 1.54) is 4.90 Å². The average molecular weight is 382 g/mol. The molecule has 28 heavy (non-hydrogen) atoms. The van der Waals surface area contributed by atoms with E-state index in [-0.39, 0.29) is 11.7 Å². The summed E-state index contributed by atoms with van der Waals surface area (Å²) in [5.74, 6) is 0.753. The topological polar surface area (TPSA) is 63.1 Å². The zero-order valence-corrected chi connectivity index (χ0v) is 16.7. The number of methoxy groups -OCH3 is 1. The number of nitrogens with zero attached hydrogens (tertiary/aromatic N) is 1. The Kier molecular flexibility index (Phi) is 6.31. The number of anilines is 2. The summed E-state index contributed by atoms with van der Waals surface area (Å²) in [5, 5.41) is 2.98. The molecule has 0 bridgehead atoms. The third kappa shape index (κ3) is 4.89. The molecular weight excluding hydrogens is 354 g/mol. The molecule has 2 aromatic carbocycles. The molecule has 1 amide bonds. The van der Waals surface area contributed by atoms with E-state index < -0.39 is 0 Å². The number of aryl methyl sites for hydroxylation is 1. The van der Waals surface area contributed by atoms with Crippen LogP contribution in [-0.2, 0) is 4.79 Å². The standard InChI is InChI=1S/C22H27N3O3/c1-16-4-9-21(28-3)20(14-16)23-22(27)15-24-10-12-25(13-11-24)19-7-5-18(6-8-19)17(2)26/h4-9,14H,10-13,15H2,1-3H3,(H,23,27)/p+1. The van der Waals surface area contributed by atoms with Crippen molar-refractivity contribution in [2.24, 2.45) is 0 Å². The molecule has 148 valence electrons. The van der Waals surface area contributed by atoms with E-state index in [0.717, 1.165) is 48.7 Å². The zero-order valence-electron chi connectivity index (χ0n) is 16.7. The molecule has 3 rings (SSSR count). The number of ether oxygens (including phenoxy) is 1. The lowest BCUT2D eigenvalue weighted by atomic mass is 10.1. The molecule has 0 atom stereocenters. The van der Waals surface area contributed by atoms with Crippen LogP contribution in [0.1, 0.15) is 22.8 Å². The molecular formula is C22H28N3O3+. The molecule has 1 aliphatic rings. The van der Waals surface area contributed by atoms with Crippen LogP contribution >= 0.6 is 0 Å². The quantitative estimate of drug-likeness (QED) is 0.744. The predicted molar refractivity (Wildman–Crippen MR) is 111 cm³/mol. The van der Waals surface area contributed by atoms with E-state index >= 15 is 0 Å². The summed E-state index contributed by atoms with van der Waals surface area (Å²) in [6.45, 7) is 7.57. The highest BCUT2D eigenvalue weighted by atomic mass is 16.5. The molecule has 2 aromatic rings. The number of carbonyl (C=O) groups is 2. The predicted octanol–water partition coefficient (Wildman–Crippen LogP) is 1.55. The zero-order chi connectivity index (χ0) is 20.1. The number of ketones is 1. The fourth-order valence-electron chi connectivity index (χ4n) is 3.51. The van der Waals surface area contributed by atoms with Gasteiger partial charge in [0.1, 0.15) is 5.75 Å². The van der Waals surface area contributed by atoms with Gasteiger partial charge in [0.15, 0.2) is 12.3 Å². The van der Waals surface area contributed by atoms with E-state index in [0.29, 0.717) is 12.3 Å². The van der Waals surface area contributed by atoms with Crippen molar-refractivity contribution in [2.45, 2.75) is 13.8 Å². The highest BCUT2D eigenvalue weighted by Gasteiger charge is 2.23. The van der Waals surface area contributed by atoms with Crippen molar-refractivity contribution in [3.63, 3.8) is 0 Å². The molecule has 0 radical (unpaired) electrons. The molecule has 1 heterocycles. The van der Waals surface area contributed by atoms with Gasteiger partial charge in [0, 0.05) is 11.3 Å². The number of rotatable bonds is 6. The molecule has 0 aromatic heterocycles. The van der Waals surface area contributed by atoms with E-state index in [1.807, 2.05) is 49.4 Å². The molecule has 0 unspecified atom stereocenters. The lowest BCUT2D eigenvalue weighted by molar-refractivity contribution is -0.892. The minimum absolute atomic E-state index is 0.00170. The highest BCUT2D eigenvalue weighted by Crippen LogP contribution is 2.24. The van der Waals surface area contributed by atoms with Crippen LogP contribution in [0.25, 0.3) is 0 Å². The number of nitrogens with one attached hydrogen (secondary N) is 2. The fraction of sp³-hybridized carbons (Fsp3) is 0.364. The molecule has 1 saturated heterocycles. The molecule has 1 fully saturated rings. The number of quaternary nitrogens is 1. The SMILES string of the molecule is COc1ccc(C)cc1NC(=O)C[NH+]1CCN(c2ccc(C(C)=O)cc2)CC1. The largest absolute Gasteiger partial charge is 0.495 e. The van der Waals surface area contributed by atoms with Gasteiger partial charge in [-0.2, -0.15) is 0 Å². The number of piperazine rings is 1. The minimum Gasteiger partial charge on any atom is -0.495 e. The Hall–Kier alpha value is -2.86. The smallest absolute Gasteiger partial charge is 0.279 e. The molecule has 6 nitrogen and oxygen atoms in total. The Bertz CT molecular complexity index is 841. The van der Waals surface area contributed by atoms with E-state index in [4.69, 9.17) is 4.74 Å². The number of hydrogen-bond donors (Lipinski definition) is 2. The van der Waals surface area contributed by atoms with Crippen LogP contribution in [0, 0.1) is 6.92 Å². The van der Waals surface area contributed by atoms with Crippen LogP contribution in [-0.4, -0.2) is 51.5 Å². The van der Waals surface area contributed by atoms with Crippen LogP contribution in [0.5, 0.6) is 5.75 Å². The van der Waals surface area contributed by atoms with E-state index in [9.17, 15) is 9.59 Å². The van der Waals surface area contributed by atoms with Crippen LogP contribution < -0.4 is 19.9 Å². The Labute approximate surface area is 166 Å². The van der Waals surface area contributed by atoms with Crippen molar-refractivity contribution in [3.05, 3.63) is 53.6 Å². The molecule has 0 aliphatic carbocycles. The summed E-state index contributed by atoms with van der Waals surface area (Å²) in [6.07, 6.45) is 0. The molecule has 0 spiro atoms. The van der Waals surface area contributed by atoms with Crippen LogP contribution in [0.2, 0.25) is 0 Å². The molecule has 6 heteroatoms. The van der Waals surface area contributed by atoms with Crippen molar-refractivity contribution in [3.8, 4) is 5.75 Å². The second-order valence-corrected chi connectivity index (χ2v) is 7.27.